The van der Waals surface area contributed by atoms with Gasteiger partial charge in [0, 0.05) is 11.1 Å². The molecular formula is C24H23N3O2S2. The minimum absolute atomic E-state index is 0.0775. The number of hydrogen-bond acceptors (Lipinski definition) is 6. The molecule has 5 nitrogen and oxygen atoms in total. The number of ether oxygens (including phenoxy) is 1. The molecular weight excluding hydrogens is 426 g/mol. The van der Waals surface area contributed by atoms with Crippen LogP contribution in [0.4, 0.5) is 5.13 Å². The van der Waals surface area contributed by atoms with Gasteiger partial charge in [-0.3, -0.25) is 14.7 Å². The van der Waals surface area contributed by atoms with Gasteiger partial charge in [-0.25, -0.2) is 4.98 Å². The van der Waals surface area contributed by atoms with E-state index in [1.165, 1.54) is 11.3 Å². The van der Waals surface area contributed by atoms with Crippen molar-refractivity contribution in [2.45, 2.75) is 25.3 Å². The van der Waals surface area contributed by atoms with Crippen LogP contribution in [0.15, 0.2) is 71.8 Å². The van der Waals surface area contributed by atoms with Crippen LogP contribution in [0, 0.1) is 0 Å². The molecule has 0 aliphatic carbocycles. The molecule has 0 fully saturated rings. The zero-order valence-corrected chi connectivity index (χ0v) is 19.1. The number of carbonyl (C=O) groups excluding carboxylic acids is 1. The van der Waals surface area contributed by atoms with E-state index in [2.05, 4.69) is 11.9 Å². The van der Waals surface area contributed by atoms with Gasteiger partial charge in [0.2, 0.25) is 0 Å². The fourth-order valence-electron chi connectivity index (χ4n) is 3.21. The average Bonchev–Trinajstić information content (AvgIpc) is 3.22. The summed E-state index contributed by atoms with van der Waals surface area (Å²) >= 11 is 3.15. The minimum Gasteiger partial charge on any atom is -0.494 e. The average molecular weight is 450 g/mol. The third-order valence-corrected chi connectivity index (χ3v) is 6.60. The van der Waals surface area contributed by atoms with E-state index < -0.39 is 0 Å². The second-order valence-corrected chi connectivity index (χ2v) is 9.02. The molecule has 2 heterocycles. The molecule has 158 valence electrons. The van der Waals surface area contributed by atoms with Crippen molar-refractivity contribution in [3.63, 3.8) is 0 Å². The topological polar surface area (TPSA) is 55.3 Å². The molecule has 0 spiro atoms. The van der Waals surface area contributed by atoms with Gasteiger partial charge in [-0.05, 0) is 55.1 Å². The Balaban J connectivity index is 1.76. The van der Waals surface area contributed by atoms with Crippen molar-refractivity contribution in [3.8, 4) is 5.75 Å². The molecule has 0 aliphatic rings. The van der Waals surface area contributed by atoms with E-state index in [0.717, 1.165) is 32.3 Å². The first-order valence-corrected chi connectivity index (χ1v) is 12.0. The van der Waals surface area contributed by atoms with Gasteiger partial charge in [0.1, 0.15) is 5.75 Å². The Kier molecular flexibility index (Phi) is 6.84. The van der Waals surface area contributed by atoms with Gasteiger partial charge < -0.3 is 4.74 Å². The number of aromatic nitrogens is 2. The maximum absolute atomic E-state index is 13.7. The molecule has 0 saturated carbocycles. The SMILES string of the molecule is CCOc1ccc2nc(N(Cc3ccccn3)C(=O)c3ccccc3SCC)sc2c1. The summed E-state index contributed by atoms with van der Waals surface area (Å²) in [5, 5.41) is 0.649. The van der Waals surface area contributed by atoms with Crippen LogP contribution in [0.2, 0.25) is 0 Å². The van der Waals surface area contributed by atoms with Crippen LogP contribution in [0.3, 0.4) is 0 Å². The highest BCUT2D eigenvalue weighted by molar-refractivity contribution is 7.99. The van der Waals surface area contributed by atoms with Crippen LogP contribution in [-0.4, -0.2) is 28.2 Å². The Morgan fingerprint density at radius 1 is 1.10 bits per heavy atom. The molecule has 7 heteroatoms. The number of nitrogens with zero attached hydrogens (tertiary/aromatic N) is 3. The van der Waals surface area contributed by atoms with E-state index in [9.17, 15) is 4.79 Å². The van der Waals surface area contributed by atoms with Gasteiger partial charge in [-0.15, -0.1) is 11.8 Å². The predicted molar refractivity (Wildman–Crippen MR) is 128 cm³/mol. The lowest BCUT2D eigenvalue weighted by Crippen LogP contribution is -2.31. The quantitative estimate of drug-likeness (QED) is 0.307. The zero-order valence-electron chi connectivity index (χ0n) is 17.4. The lowest BCUT2D eigenvalue weighted by atomic mass is 10.2. The lowest BCUT2D eigenvalue weighted by Gasteiger charge is -2.21. The Bertz CT molecular complexity index is 1180. The number of thiazole rings is 1. The summed E-state index contributed by atoms with van der Waals surface area (Å²) in [7, 11) is 0. The molecule has 2 aromatic heterocycles. The van der Waals surface area contributed by atoms with Gasteiger partial charge in [0.05, 0.1) is 34.6 Å². The van der Waals surface area contributed by atoms with Crippen LogP contribution in [0.5, 0.6) is 5.75 Å². The molecule has 0 saturated heterocycles. The normalized spacial score (nSPS) is 10.9. The summed E-state index contributed by atoms with van der Waals surface area (Å²) in [5.74, 6) is 1.62. The molecule has 0 unspecified atom stereocenters. The monoisotopic (exact) mass is 449 g/mol. The highest BCUT2D eigenvalue weighted by Crippen LogP contribution is 2.34. The second kappa shape index (κ2) is 9.94. The molecule has 2 aromatic carbocycles. The van der Waals surface area contributed by atoms with E-state index in [0.29, 0.717) is 23.8 Å². The predicted octanol–water partition coefficient (Wildman–Crippen LogP) is 6.05. The molecule has 4 rings (SSSR count). The summed E-state index contributed by atoms with van der Waals surface area (Å²) in [5.41, 5.74) is 2.34. The summed E-state index contributed by atoms with van der Waals surface area (Å²) in [6.07, 6.45) is 1.74. The van der Waals surface area contributed by atoms with Crippen molar-refractivity contribution >= 4 is 44.4 Å². The van der Waals surface area contributed by atoms with Gasteiger partial charge in [0.25, 0.3) is 5.91 Å². The largest absolute Gasteiger partial charge is 0.494 e. The lowest BCUT2D eigenvalue weighted by molar-refractivity contribution is 0.0982. The first-order chi connectivity index (χ1) is 15.2. The molecule has 0 radical (unpaired) electrons. The Labute approximate surface area is 190 Å². The van der Waals surface area contributed by atoms with Crippen molar-refractivity contribution in [1.29, 1.82) is 0 Å². The molecule has 4 aromatic rings. The number of amides is 1. The zero-order chi connectivity index (χ0) is 21.6. The summed E-state index contributed by atoms with van der Waals surface area (Å²) in [4.78, 5) is 25.6. The Morgan fingerprint density at radius 2 is 1.94 bits per heavy atom. The maximum atomic E-state index is 13.7. The molecule has 0 N–H and O–H groups in total. The number of pyridine rings is 1. The number of carbonyl (C=O) groups is 1. The van der Waals surface area contributed by atoms with Crippen LogP contribution >= 0.6 is 23.1 Å². The molecule has 0 aliphatic heterocycles. The Hall–Kier alpha value is -2.90. The van der Waals surface area contributed by atoms with Crippen LogP contribution in [0.25, 0.3) is 10.2 Å². The van der Waals surface area contributed by atoms with E-state index in [4.69, 9.17) is 9.72 Å². The smallest absolute Gasteiger partial charge is 0.261 e. The number of hydrogen-bond donors (Lipinski definition) is 0. The summed E-state index contributed by atoms with van der Waals surface area (Å²) in [6, 6.07) is 19.3. The van der Waals surface area contributed by atoms with E-state index >= 15 is 0 Å². The maximum Gasteiger partial charge on any atom is 0.261 e. The molecule has 0 bridgehead atoms. The second-order valence-electron chi connectivity index (χ2n) is 6.70. The van der Waals surface area contributed by atoms with Crippen LogP contribution in [-0.2, 0) is 6.54 Å². The summed E-state index contributed by atoms with van der Waals surface area (Å²) < 4.78 is 6.61. The third kappa shape index (κ3) is 4.89. The first kappa shape index (κ1) is 21.3. The molecule has 31 heavy (non-hydrogen) atoms. The van der Waals surface area contributed by atoms with Gasteiger partial charge in [-0.2, -0.15) is 0 Å². The van der Waals surface area contributed by atoms with Crippen molar-refractivity contribution in [3.05, 3.63) is 78.1 Å². The number of thioether (sulfide) groups is 1. The standard InChI is InChI=1S/C24H23N3O2S2/c1-3-29-18-12-13-20-22(15-18)31-24(26-20)27(16-17-9-7-8-14-25-17)23(28)19-10-5-6-11-21(19)30-4-2/h5-15H,3-4,16H2,1-2H3. The number of fused-ring (bicyclic) bond motifs is 1. The van der Waals surface area contributed by atoms with Crippen molar-refractivity contribution in [1.82, 2.24) is 9.97 Å². The first-order valence-electron chi connectivity index (χ1n) is 10.2. The number of rotatable bonds is 8. The minimum atomic E-state index is -0.0775. The highest BCUT2D eigenvalue weighted by atomic mass is 32.2. The van der Waals surface area contributed by atoms with Gasteiger partial charge >= 0.3 is 0 Å². The van der Waals surface area contributed by atoms with Gasteiger partial charge in [-0.1, -0.05) is 36.5 Å². The van der Waals surface area contributed by atoms with E-state index in [-0.39, 0.29) is 5.91 Å². The van der Waals surface area contributed by atoms with Crippen molar-refractivity contribution < 1.29 is 9.53 Å². The van der Waals surface area contributed by atoms with E-state index in [1.54, 1.807) is 22.9 Å². The van der Waals surface area contributed by atoms with Crippen LogP contribution in [0.1, 0.15) is 29.9 Å². The third-order valence-electron chi connectivity index (χ3n) is 4.60. The molecule has 0 atom stereocenters. The van der Waals surface area contributed by atoms with Gasteiger partial charge in [0.15, 0.2) is 5.13 Å². The molecule has 1 amide bonds. The van der Waals surface area contributed by atoms with Crippen molar-refractivity contribution in [2.75, 3.05) is 17.3 Å². The van der Waals surface area contributed by atoms with Crippen LogP contribution < -0.4 is 9.64 Å². The van der Waals surface area contributed by atoms with Crippen molar-refractivity contribution in [2.24, 2.45) is 0 Å². The summed E-state index contributed by atoms with van der Waals surface area (Å²) in [6.45, 7) is 5.00. The fraction of sp³-hybridized carbons (Fsp3) is 0.208. The number of anilines is 1. The fourth-order valence-corrected chi connectivity index (χ4v) is 5.00. The number of benzene rings is 2. The highest BCUT2D eigenvalue weighted by Gasteiger charge is 2.24. The van der Waals surface area contributed by atoms with E-state index in [1.807, 2.05) is 67.6 Å². The Morgan fingerprint density at radius 3 is 2.71 bits per heavy atom.